The van der Waals surface area contributed by atoms with Crippen LogP contribution in [0.2, 0.25) is 0 Å². The van der Waals surface area contributed by atoms with Gasteiger partial charge in [0.1, 0.15) is 54.2 Å². The van der Waals surface area contributed by atoms with E-state index in [2.05, 4.69) is 48.2 Å². The number of carbonyl (C=O) groups is 7. The molecule has 640 valence electrons. The van der Waals surface area contributed by atoms with Crippen molar-refractivity contribution in [1.29, 1.82) is 0 Å². The average molecular weight is 1650 g/mol. The van der Waals surface area contributed by atoms with Gasteiger partial charge in [-0.15, -0.1) is 0 Å². The molecular formula is C80H111N13O23S. The van der Waals surface area contributed by atoms with Crippen molar-refractivity contribution in [3.63, 3.8) is 0 Å². The van der Waals surface area contributed by atoms with Gasteiger partial charge in [0.2, 0.25) is 29.5 Å². The van der Waals surface area contributed by atoms with Crippen LogP contribution in [0.15, 0.2) is 84.0 Å². The molecule has 0 bridgehead atoms. The molecular weight excluding hydrogens is 1540 g/mol. The van der Waals surface area contributed by atoms with Gasteiger partial charge in [-0.2, -0.15) is 8.42 Å². The Bertz CT molecular complexity index is 4600. The van der Waals surface area contributed by atoms with E-state index in [4.69, 9.17) is 57.1 Å². The molecule has 2 aromatic carbocycles. The highest BCUT2D eigenvalue weighted by Gasteiger charge is 2.47. The van der Waals surface area contributed by atoms with Crippen LogP contribution in [0.25, 0.3) is 33.3 Å². The van der Waals surface area contributed by atoms with Crippen LogP contribution in [0.3, 0.4) is 0 Å². The lowest BCUT2D eigenvalue weighted by atomic mass is 9.84. The van der Waals surface area contributed by atoms with Crippen molar-refractivity contribution in [3.8, 4) is 17.1 Å². The summed E-state index contributed by atoms with van der Waals surface area (Å²) >= 11 is 0. The molecule has 0 fully saturated rings. The average Bonchev–Trinajstić information content (AvgIpc) is 1.62. The van der Waals surface area contributed by atoms with Gasteiger partial charge in [0, 0.05) is 113 Å². The zero-order valence-electron chi connectivity index (χ0n) is 68.0. The first-order valence-corrected chi connectivity index (χ1v) is 40.8. The summed E-state index contributed by atoms with van der Waals surface area (Å²) in [6, 6.07) is 13.8. The summed E-state index contributed by atoms with van der Waals surface area (Å²) in [5.41, 5.74) is 6.61. The molecule has 3 aliphatic rings. The SMILES string of the molecule is C=C1OCc2c(cc3n(c2=O)Cc2c-3nc3ccc(O)cc3c2CC)[C@]1(CC)OC(=O)N(C)CCN(C)C(=O)OCc1ccc(NC(=O)[C@H](C)NC(=O)[C@@H](NC(=O)CCOCCOCCOCCOCCOCCOCCOCCOCCNC(=O)[C@H](CS(=O)(=O)O)NC(=O)CCn2c3c(c4cccnc42)CN(C)N(C)C3)C(C)C)cc1. The van der Waals surface area contributed by atoms with E-state index < -0.39 is 81.3 Å². The smallest absolute Gasteiger partial charge is 0.410 e. The molecule has 9 rings (SSSR count). The van der Waals surface area contributed by atoms with E-state index in [0.29, 0.717) is 125 Å². The largest absolute Gasteiger partial charge is 0.508 e. The van der Waals surface area contributed by atoms with Crippen molar-refractivity contribution < 1.29 is 104 Å². The number of phenolic OH excluding ortho intramolecular Hbond substituents is 1. The van der Waals surface area contributed by atoms with Gasteiger partial charge in [-0.05, 0) is 90.9 Å². The minimum Gasteiger partial charge on any atom is -0.508 e. The van der Waals surface area contributed by atoms with Gasteiger partial charge in [0.25, 0.3) is 15.7 Å². The Labute approximate surface area is 680 Å². The van der Waals surface area contributed by atoms with Gasteiger partial charge in [0.05, 0.1) is 141 Å². The number of hydrogen-bond acceptors (Lipinski definition) is 26. The van der Waals surface area contributed by atoms with E-state index in [-0.39, 0.29) is 128 Å². The molecule has 0 spiro atoms. The minimum atomic E-state index is -4.62. The second kappa shape index (κ2) is 44.1. The number of phenols is 1. The lowest BCUT2D eigenvalue weighted by Crippen LogP contribution is -2.53. The number of pyridine rings is 3. The zero-order valence-corrected chi connectivity index (χ0v) is 68.9. The molecule has 0 unspecified atom stereocenters. The van der Waals surface area contributed by atoms with Crippen LogP contribution >= 0.6 is 0 Å². The summed E-state index contributed by atoms with van der Waals surface area (Å²) < 4.78 is 98.8. The number of rotatable bonds is 48. The third-order valence-corrected chi connectivity index (χ3v) is 20.9. The Balaban J connectivity index is 0.538. The van der Waals surface area contributed by atoms with E-state index in [1.807, 2.05) is 50.7 Å². The molecule has 37 heteroatoms. The third kappa shape index (κ3) is 25.4. The van der Waals surface area contributed by atoms with Gasteiger partial charge < -0.3 is 103 Å². The van der Waals surface area contributed by atoms with Crippen LogP contribution in [0, 0.1) is 5.92 Å². The van der Waals surface area contributed by atoms with Gasteiger partial charge in [-0.1, -0.05) is 46.4 Å². The van der Waals surface area contributed by atoms with Crippen LogP contribution in [0.1, 0.15) is 93.0 Å². The number of fused-ring (bicyclic) bond motifs is 8. The minimum absolute atomic E-state index is 0.0152. The first-order valence-electron chi connectivity index (χ1n) is 39.2. The lowest BCUT2D eigenvalue weighted by molar-refractivity contribution is -0.132. The molecule has 3 aliphatic heterocycles. The second-order valence-electron chi connectivity index (χ2n) is 28.8. The molecule has 4 aromatic heterocycles. The number of anilines is 1. The molecule has 7 heterocycles. The number of hydrazine groups is 1. The Morgan fingerprint density at radius 3 is 1.86 bits per heavy atom. The number of ether oxygens (including phenoxy) is 11. The summed E-state index contributed by atoms with van der Waals surface area (Å²) in [5, 5.41) is 29.4. The number of nitrogens with one attached hydrogen (secondary N) is 5. The number of likely N-dealkylation sites (N-methyl/N-ethyl adjacent to an activating group) is 2. The van der Waals surface area contributed by atoms with Crippen molar-refractivity contribution in [2.24, 2.45) is 5.92 Å². The Morgan fingerprint density at radius 1 is 0.675 bits per heavy atom. The summed E-state index contributed by atoms with van der Waals surface area (Å²) in [6.45, 7) is 19.3. The van der Waals surface area contributed by atoms with Gasteiger partial charge in [0.15, 0.2) is 5.60 Å². The van der Waals surface area contributed by atoms with Crippen molar-refractivity contribution in [2.45, 2.75) is 123 Å². The van der Waals surface area contributed by atoms with Crippen LogP contribution in [-0.2, 0) is 138 Å². The highest BCUT2D eigenvalue weighted by Crippen LogP contribution is 2.46. The van der Waals surface area contributed by atoms with Crippen molar-refractivity contribution in [2.75, 3.05) is 165 Å². The summed E-state index contributed by atoms with van der Waals surface area (Å²) in [7, 11) is 2.38. The Kier molecular flexibility index (Phi) is 34.4. The maximum absolute atomic E-state index is 14.3. The van der Waals surface area contributed by atoms with Crippen LogP contribution in [-0.4, -0.2) is 276 Å². The van der Waals surface area contributed by atoms with Crippen LogP contribution in [0.5, 0.6) is 5.75 Å². The fourth-order valence-electron chi connectivity index (χ4n) is 13.5. The maximum atomic E-state index is 14.3. The number of carbonyl (C=O) groups excluding carboxylic acids is 7. The molecule has 0 saturated carbocycles. The number of nitrogens with zero attached hydrogens (tertiary/aromatic N) is 8. The van der Waals surface area contributed by atoms with E-state index in [1.54, 1.807) is 67.1 Å². The Morgan fingerprint density at radius 2 is 1.26 bits per heavy atom. The van der Waals surface area contributed by atoms with Gasteiger partial charge in [-0.25, -0.2) is 29.6 Å². The molecule has 36 nitrogen and oxygen atoms in total. The van der Waals surface area contributed by atoms with E-state index in [1.165, 1.54) is 30.8 Å². The molecule has 7 amide bonds. The summed E-state index contributed by atoms with van der Waals surface area (Å²) in [5.74, 6) is -3.85. The fraction of sp³-hybridized carbons (Fsp3) is 0.550. The van der Waals surface area contributed by atoms with Crippen LogP contribution < -0.4 is 32.1 Å². The molecule has 0 aliphatic carbocycles. The normalized spacial score (nSPS) is 15.3. The summed E-state index contributed by atoms with van der Waals surface area (Å²) in [4.78, 5) is 119. The highest BCUT2D eigenvalue weighted by atomic mass is 32.2. The number of aryl methyl sites for hydroxylation is 2. The number of aromatic hydroxyl groups is 1. The van der Waals surface area contributed by atoms with E-state index in [9.17, 15) is 56.4 Å². The molecule has 7 N–H and O–H groups in total. The maximum Gasteiger partial charge on any atom is 0.410 e. The number of hydrogen-bond donors (Lipinski definition) is 7. The highest BCUT2D eigenvalue weighted by molar-refractivity contribution is 7.85. The third-order valence-electron chi connectivity index (χ3n) is 20.1. The molecule has 0 radical (unpaired) electrons. The molecule has 4 atom stereocenters. The van der Waals surface area contributed by atoms with E-state index >= 15 is 0 Å². The number of amides is 7. The van der Waals surface area contributed by atoms with Crippen molar-refractivity contribution >= 4 is 79.5 Å². The standard InChI is InChI=1S/C80H111N13O23S/c1-11-58-60-44-57(94)19-20-65(60)86-72-62(58)47-93-67(72)45-64-63(77(93)100)50-114-54(6)80(64,12-2)116-79(102)89(8)27-26-88(7)78(101)115-49-55-15-17-56(18-16-55)84-74(97)53(5)83-76(99)71(52(3)4)87-70(96)22-28-106-30-32-108-34-36-110-38-40-112-42-43-113-41-39-111-37-35-109-33-31-107-29-24-82-75(98)66(51-117(103,104)105)85-69(95)21-25-92-68-48-91(10)90(9)46-61(68)59-14-13-23-81-73(59)92/h13-20,23,44-45,52-53,66,71,94H,6,11-12,21-22,24-43,46-51H2,1-5,7-10H3,(H,82,98)(H,83,99)(H,84,97)(H,85,95)(H,87,96)(H,103,104,105)/t53-,66-,71-,80+/m0/s1. The Hall–Kier alpha value is -9.77. The molecule has 0 saturated heterocycles. The number of aromatic nitrogens is 4. The monoisotopic (exact) mass is 1650 g/mol. The predicted octanol–water partition coefficient (Wildman–Crippen LogP) is 4.51. The van der Waals surface area contributed by atoms with Crippen molar-refractivity contribution in [3.05, 3.63) is 129 Å². The van der Waals surface area contributed by atoms with Crippen LogP contribution in [0.4, 0.5) is 15.3 Å². The number of benzene rings is 2. The fourth-order valence-corrected chi connectivity index (χ4v) is 14.2. The first-order chi connectivity index (χ1) is 56.1. The van der Waals surface area contributed by atoms with Crippen molar-refractivity contribution in [1.82, 2.24) is 60.2 Å². The summed E-state index contributed by atoms with van der Waals surface area (Å²) in [6.07, 6.45) is 1.03. The first kappa shape index (κ1) is 91.1. The quantitative estimate of drug-likeness (QED) is 0.0204. The molecule has 117 heavy (non-hydrogen) atoms. The lowest BCUT2D eigenvalue weighted by Gasteiger charge is -2.40. The second-order valence-corrected chi connectivity index (χ2v) is 30.3. The predicted molar refractivity (Wildman–Crippen MR) is 429 cm³/mol. The van der Waals surface area contributed by atoms with Gasteiger partial charge >= 0.3 is 12.2 Å². The topological polar surface area (TPSA) is 421 Å². The van der Waals surface area contributed by atoms with Gasteiger partial charge in [-0.3, -0.25) is 33.3 Å². The zero-order chi connectivity index (χ0) is 84.3. The molecule has 6 aromatic rings. The van der Waals surface area contributed by atoms with E-state index in [0.717, 1.165) is 38.8 Å².